The van der Waals surface area contributed by atoms with E-state index in [-0.39, 0.29) is 11.7 Å². The Morgan fingerprint density at radius 3 is 3.00 bits per heavy atom. The molecule has 0 radical (unpaired) electrons. The molecular formula is C10H15N3O. The Labute approximate surface area is 83.3 Å². The van der Waals surface area contributed by atoms with Gasteiger partial charge in [0.1, 0.15) is 5.69 Å². The minimum Gasteiger partial charge on any atom is -0.316 e. The highest BCUT2D eigenvalue weighted by Gasteiger charge is 2.26. The van der Waals surface area contributed by atoms with E-state index in [2.05, 4.69) is 10.4 Å². The predicted molar refractivity (Wildman–Crippen MR) is 53.3 cm³/mol. The number of hydrogen-bond acceptors (Lipinski definition) is 3. The van der Waals surface area contributed by atoms with Gasteiger partial charge in [-0.1, -0.05) is 0 Å². The molecule has 76 valence electrons. The normalized spacial score (nSPS) is 21.4. The van der Waals surface area contributed by atoms with Crippen molar-refractivity contribution in [3.63, 3.8) is 0 Å². The smallest absolute Gasteiger partial charge is 0.185 e. The van der Waals surface area contributed by atoms with Crippen LogP contribution < -0.4 is 5.32 Å². The van der Waals surface area contributed by atoms with Gasteiger partial charge in [0.2, 0.25) is 0 Å². The zero-order valence-corrected chi connectivity index (χ0v) is 8.58. The molecule has 0 amide bonds. The van der Waals surface area contributed by atoms with Crippen LogP contribution in [0.5, 0.6) is 0 Å². The predicted octanol–water partition coefficient (Wildman–Crippen LogP) is 0.521. The average Bonchev–Trinajstić information content (AvgIpc) is 2.75. The third-order valence-corrected chi connectivity index (χ3v) is 2.79. The van der Waals surface area contributed by atoms with Crippen LogP contribution >= 0.6 is 0 Å². The number of Topliss-reactive ketones (excluding diaryl/α,β-unsaturated/α-hetero) is 1. The van der Waals surface area contributed by atoms with E-state index in [1.807, 2.05) is 14.0 Å². The molecule has 0 aliphatic carbocycles. The van der Waals surface area contributed by atoms with E-state index in [0.717, 1.165) is 30.8 Å². The lowest BCUT2D eigenvalue weighted by Gasteiger charge is -2.08. The summed E-state index contributed by atoms with van der Waals surface area (Å²) in [5.41, 5.74) is 1.74. The van der Waals surface area contributed by atoms with Gasteiger partial charge in [0.15, 0.2) is 5.78 Å². The fourth-order valence-corrected chi connectivity index (χ4v) is 1.97. The van der Waals surface area contributed by atoms with Gasteiger partial charge in [-0.2, -0.15) is 5.10 Å². The standard InChI is InChI=1S/C10H15N3O/c1-7-5-12-13(2)9(7)10(14)8-3-4-11-6-8/h5,8,11H,3-4,6H2,1-2H3. The van der Waals surface area contributed by atoms with Crippen molar-refractivity contribution >= 4 is 5.78 Å². The van der Waals surface area contributed by atoms with Crippen molar-refractivity contribution in [1.82, 2.24) is 15.1 Å². The fourth-order valence-electron chi connectivity index (χ4n) is 1.97. The Balaban J connectivity index is 2.25. The molecule has 1 fully saturated rings. The van der Waals surface area contributed by atoms with Gasteiger partial charge in [0.05, 0.1) is 6.20 Å². The van der Waals surface area contributed by atoms with Gasteiger partial charge in [0, 0.05) is 19.5 Å². The van der Waals surface area contributed by atoms with Crippen LogP contribution in [0.4, 0.5) is 0 Å². The molecule has 2 heterocycles. The number of nitrogens with zero attached hydrogens (tertiary/aromatic N) is 2. The van der Waals surface area contributed by atoms with Gasteiger partial charge in [-0.15, -0.1) is 0 Å². The van der Waals surface area contributed by atoms with E-state index in [4.69, 9.17) is 0 Å². The molecule has 1 N–H and O–H groups in total. The van der Waals surface area contributed by atoms with Crippen LogP contribution in [0.2, 0.25) is 0 Å². The number of nitrogens with one attached hydrogen (secondary N) is 1. The fraction of sp³-hybridized carbons (Fsp3) is 0.600. The maximum atomic E-state index is 12.0. The molecule has 0 spiro atoms. The first kappa shape index (κ1) is 9.40. The van der Waals surface area contributed by atoms with Crippen molar-refractivity contribution in [3.05, 3.63) is 17.5 Å². The minimum atomic E-state index is 0.143. The summed E-state index contributed by atoms with van der Waals surface area (Å²) in [5.74, 6) is 0.372. The number of carbonyl (C=O) groups excluding carboxylic acids is 1. The third kappa shape index (κ3) is 1.46. The van der Waals surface area contributed by atoms with Crippen LogP contribution in [0.15, 0.2) is 6.20 Å². The molecule has 4 heteroatoms. The molecule has 1 aliphatic rings. The Bertz CT molecular complexity index is 331. The second kappa shape index (κ2) is 3.53. The maximum absolute atomic E-state index is 12.0. The molecule has 1 aliphatic heterocycles. The summed E-state index contributed by atoms with van der Waals surface area (Å²) in [4.78, 5) is 12.0. The maximum Gasteiger partial charge on any atom is 0.185 e. The summed E-state index contributed by atoms with van der Waals surface area (Å²) in [6.45, 7) is 3.69. The summed E-state index contributed by atoms with van der Waals surface area (Å²) in [6.07, 6.45) is 2.69. The second-order valence-corrected chi connectivity index (χ2v) is 3.85. The molecule has 1 atom stereocenters. The molecule has 1 saturated heterocycles. The lowest BCUT2D eigenvalue weighted by atomic mass is 9.99. The molecule has 0 bridgehead atoms. The number of ketones is 1. The van der Waals surface area contributed by atoms with Gasteiger partial charge in [-0.3, -0.25) is 9.48 Å². The van der Waals surface area contributed by atoms with Crippen molar-refractivity contribution in [1.29, 1.82) is 0 Å². The minimum absolute atomic E-state index is 0.143. The summed E-state index contributed by atoms with van der Waals surface area (Å²) >= 11 is 0. The molecule has 1 aromatic heterocycles. The van der Waals surface area contributed by atoms with Crippen molar-refractivity contribution in [3.8, 4) is 0 Å². The zero-order chi connectivity index (χ0) is 10.1. The number of hydrogen-bond donors (Lipinski definition) is 1. The number of aromatic nitrogens is 2. The largest absolute Gasteiger partial charge is 0.316 e. The van der Waals surface area contributed by atoms with E-state index in [1.165, 1.54) is 0 Å². The molecule has 2 rings (SSSR count). The topological polar surface area (TPSA) is 46.9 Å². The summed E-state index contributed by atoms with van der Waals surface area (Å²) in [5, 5.41) is 7.29. The molecule has 0 aromatic carbocycles. The van der Waals surface area contributed by atoms with Crippen LogP contribution in [-0.2, 0) is 7.05 Å². The van der Waals surface area contributed by atoms with E-state index in [1.54, 1.807) is 10.9 Å². The van der Waals surface area contributed by atoms with E-state index >= 15 is 0 Å². The highest BCUT2D eigenvalue weighted by molar-refractivity contribution is 5.97. The quantitative estimate of drug-likeness (QED) is 0.697. The van der Waals surface area contributed by atoms with Gasteiger partial charge in [-0.25, -0.2) is 0 Å². The van der Waals surface area contributed by atoms with Gasteiger partial charge >= 0.3 is 0 Å². The first-order chi connectivity index (χ1) is 6.70. The summed E-state index contributed by atoms with van der Waals surface area (Å²) in [7, 11) is 1.82. The summed E-state index contributed by atoms with van der Waals surface area (Å²) in [6, 6.07) is 0. The molecular weight excluding hydrogens is 178 g/mol. The molecule has 0 saturated carbocycles. The van der Waals surface area contributed by atoms with Crippen molar-refractivity contribution in [2.45, 2.75) is 13.3 Å². The lowest BCUT2D eigenvalue weighted by molar-refractivity contribution is 0.0920. The highest BCUT2D eigenvalue weighted by Crippen LogP contribution is 2.17. The second-order valence-electron chi connectivity index (χ2n) is 3.85. The van der Waals surface area contributed by atoms with Crippen LogP contribution in [0.25, 0.3) is 0 Å². The Morgan fingerprint density at radius 2 is 2.50 bits per heavy atom. The number of rotatable bonds is 2. The van der Waals surface area contributed by atoms with Crippen LogP contribution in [0, 0.1) is 12.8 Å². The Hall–Kier alpha value is -1.16. The van der Waals surface area contributed by atoms with Crippen molar-refractivity contribution in [2.75, 3.05) is 13.1 Å². The number of aryl methyl sites for hydroxylation is 2. The monoisotopic (exact) mass is 193 g/mol. The Morgan fingerprint density at radius 1 is 1.71 bits per heavy atom. The van der Waals surface area contributed by atoms with E-state index < -0.39 is 0 Å². The molecule has 4 nitrogen and oxygen atoms in total. The van der Waals surface area contributed by atoms with E-state index in [9.17, 15) is 4.79 Å². The third-order valence-electron chi connectivity index (χ3n) is 2.79. The zero-order valence-electron chi connectivity index (χ0n) is 8.58. The van der Waals surface area contributed by atoms with Gasteiger partial charge < -0.3 is 5.32 Å². The Kier molecular flexibility index (Phi) is 2.37. The number of carbonyl (C=O) groups is 1. The van der Waals surface area contributed by atoms with E-state index in [0.29, 0.717) is 0 Å². The first-order valence-electron chi connectivity index (χ1n) is 4.93. The first-order valence-corrected chi connectivity index (χ1v) is 4.93. The van der Waals surface area contributed by atoms with Crippen LogP contribution in [0.3, 0.4) is 0 Å². The molecule has 1 aromatic rings. The molecule has 1 unspecified atom stereocenters. The van der Waals surface area contributed by atoms with Crippen LogP contribution in [0.1, 0.15) is 22.5 Å². The average molecular weight is 193 g/mol. The highest BCUT2D eigenvalue weighted by atomic mass is 16.1. The van der Waals surface area contributed by atoms with Crippen LogP contribution in [-0.4, -0.2) is 28.7 Å². The lowest BCUT2D eigenvalue weighted by Crippen LogP contribution is -2.21. The van der Waals surface area contributed by atoms with Crippen molar-refractivity contribution in [2.24, 2.45) is 13.0 Å². The van der Waals surface area contributed by atoms with Gasteiger partial charge in [0.25, 0.3) is 0 Å². The van der Waals surface area contributed by atoms with Gasteiger partial charge in [-0.05, 0) is 25.5 Å². The van der Waals surface area contributed by atoms with Crippen molar-refractivity contribution < 1.29 is 4.79 Å². The SMILES string of the molecule is Cc1cnn(C)c1C(=O)C1CCNC1. The summed E-state index contributed by atoms with van der Waals surface area (Å²) < 4.78 is 1.68. The molecule has 14 heavy (non-hydrogen) atoms.